The number of thioether (sulfide) groups is 1. The Bertz CT molecular complexity index is 1280. The summed E-state index contributed by atoms with van der Waals surface area (Å²) in [4.78, 5) is 26.6. The van der Waals surface area contributed by atoms with E-state index >= 15 is 0 Å². The van der Waals surface area contributed by atoms with E-state index in [1.807, 2.05) is 0 Å². The number of halogens is 3. The lowest BCUT2D eigenvalue weighted by atomic mass is 10.1. The van der Waals surface area contributed by atoms with Crippen LogP contribution in [0, 0.1) is 5.82 Å². The minimum atomic E-state index is -0.406. The van der Waals surface area contributed by atoms with E-state index < -0.39 is 5.91 Å². The van der Waals surface area contributed by atoms with Gasteiger partial charge in [-0.2, -0.15) is 0 Å². The monoisotopic (exact) mass is 517 g/mol. The van der Waals surface area contributed by atoms with Gasteiger partial charge in [0.2, 0.25) is 0 Å². The molecule has 0 saturated carbocycles. The van der Waals surface area contributed by atoms with Crippen LogP contribution in [0.25, 0.3) is 6.08 Å². The van der Waals surface area contributed by atoms with Crippen LogP contribution in [-0.2, 0) is 17.9 Å². The largest absolute Gasteiger partial charge is 0.493 e. The third-order valence-corrected chi connectivity index (χ3v) is 6.51. The van der Waals surface area contributed by atoms with Crippen LogP contribution in [0.5, 0.6) is 11.5 Å². The zero-order valence-corrected chi connectivity index (χ0v) is 20.2. The Balaban J connectivity index is 1.48. The summed E-state index contributed by atoms with van der Waals surface area (Å²) in [6.45, 7) is 0.291. The van der Waals surface area contributed by atoms with Gasteiger partial charge in [0.15, 0.2) is 11.5 Å². The number of methoxy groups -OCH3 is 1. The molecule has 0 N–H and O–H groups in total. The highest BCUT2D eigenvalue weighted by molar-refractivity contribution is 8.18. The van der Waals surface area contributed by atoms with E-state index in [1.54, 1.807) is 54.6 Å². The van der Waals surface area contributed by atoms with Crippen LogP contribution in [0.3, 0.4) is 0 Å². The summed E-state index contributed by atoms with van der Waals surface area (Å²) in [6, 6.07) is 16.0. The predicted molar refractivity (Wildman–Crippen MR) is 132 cm³/mol. The van der Waals surface area contributed by atoms with E-state index in [-0.39, 0.29) is 29.1 Å². The Morgan fingerprint density at radius 1 is 1.00 bits per heavy atom. The molecule has 1 heterocycles. The van der Waals surface area contributed by atoms with Crippen LogP contribution in [-0.4, -0.2) is 23.2 Å². The zero-order valence-electron chi connectivity index (χ0n) is 17.9. The molecule has 5 nitrogen and oxygen atoms in total. The first kappa shape index (κ1) is 24.1. The van der Waals surface area contributed by atoms with Crippen LogP contribution in [0.1, 0.15) is 16.7 Å². The SMILES string of the molecule is COc1cc(/C=C2\SC(=O)N(Cc3ccc(F)cc3)C2=O)ccc1OCc1ccc(Cl)cc1Cl. The molecule has 9 heteroatoms. The molecule has 0 atom stereocenters. The van der Waals surface area contributed by atoms with Gasteiger partial charge in [-0.1, -0.05) is 47.5 Å². The number of hydrogen-bond acceptors (Lipinski definition) is 5. The number of nitrogens with zero attached hydrogens (tertiary/aromatic N) is 1. The molecule has 4 rings (SSSR count). The van der Waals surface area contributed by atoms with Gasteiger partial charge in [-0.25, -0.2) is 4.39 Å². The van der Waals surface area contributed by atoms with Crippen molar-refractivity contribution in [3.8, 4) is 11.5 Å². The van der Waals surface area contributed by atoms with Crippen molar-refractivity contribution in [1.29, 1.82) is 0 Å². The minimum absolute atomic E-state index is 0.0750. The van der Waals surface area contributed by atoms with Gasteiger partial charge in [-0.3, -0.25) is 14.5 Å². The Morgan fingerprint density at radius 3 is 2.47 bits per heavy atom. The van der Waals surface area contributed by atoms with Crippen molar-refractivity contribution in [3.63, 3.8) is 0 Å². The van der Waals surface area contributed by atoms with Gasteiger partial charge in [0.25, 0.3) is 11.1 Å². The number of imide groups is 1. The fourth-order valence-electron chi connectivity index (χ4n) is 3.25. The lowest BCUT2D eigenvalue weighted by Gasteiger charge is -2.13. The Morgan fingerprint density at radius 2 is 1.76 bits per heavy atom. The van der Waals surface area contributed by atoms with Crippen LogP contribution < -0.4 is 9.47 Å². The Labute approximate surface area is 210 Å². The first-order valence-corrected chi connectivity index (χ1v) is 11.7. The molecule has 1 fully saturated rings. The summed E-state index contributed by atoms with van der Waals surface area (Å²) in [5.41, 5.74) is 2.10. The maximum Gasteiger partial charge on any atom is 0.293 e. The first-order chi connectivity index (χ1) is 16.3. The Hall–Kier alpha value is -3.00. The van der Waals surface area contributed by atoms with Crippen LogP contribution >= 0.6 is 35.0 Å². The van der Waals surface area contributed by atoms with Gasteiger partial charge in [0.1, 0.15) is 12.4 Å². The van der Waals surface area contributed by atoms with E-state index in [4.69, 9.17) is 32.7 Å². The fourth-order valence-corrected chi connectivity index (χ4v) is 4.55. The van der Waals surface area contributed by atoms with Crippen molar-refractivity contribution in [2.75, 3.05) is 7.11 Å². The molecule has 2 amide bonds. The molecule has 0 aliphatic carbocycles. The molecule has 0 spiro atoms. The van der Waals surface area contributed by atoms with Crippen molar-refractivity contribution in [2.24, 2.45) is 0 Å². The van der Waals surface area contributed by atoms with Crippen LogP contribution in [0.15, 0.2) is 65.6 Å². The number of amides is 2. The lowest BCUT2D eigenvalue weighted by molar-refractivity contribution is -0.123. The smallest absolute Gasteiger partial charge is 0.293 e. The second-order valence-electron chi connectivity index (χ2n) is 7.33. The van der Waals surface area contributed by atoms with E-state index in [2.05, 4.69) is 0 Å². The number of carbonyl (C=O) groups excluding carboxylic acids is 2. The topological polar surface area (TPSA) is 55.8 Å². The normalized spacial score (nSPS) is 14.7. The second-order valence-corrected chi connectivity index (χ2v) is 9.17. The van der Waals surface area contributed by atoms with Crippen LogP contribution in [0.4, 0.5) is 9.18 Å². The van der Waals surface area contributed by atoms with Crippen molar-refractivity contribution >= 4 is 52.2 Å². The van der Waals surface area contributed by atoms with Gasteiger partial charge >= 0.3 is 0 Å². The highest BCUT2D eigenvalue weighted by atomic mass is 35.5. The molecule has 0 aromatic heterocycles. The van der Waals surface area contributed by atoms with Gasteiger partial charge in [0, 0.05) is 15.6 Å². The number of carbonyl (C=O) groups is 2. The molecule has 0 radical (unpaired) electrons. The number of ether oxygens (including phenoxy) is 2. The van der Waals surface area contributed by atoms with Gasteiger partial charge in [-0.15, -0.1) is 0 Å². The third-order valence-electron chi connectivity index (χ3n) is 5.01. The van der Waals surface area contributed by atoms with Crippen molar-refractivity contribution < 1.29 is 23.5 Å². The van der Waals surface area contributed by atoms with Crippen LogP contribution in [0.2, 0.25) is 10.0 Å². The molecule has 3 aromatic rings. The van der Waals surface area contributed by atoms with Gasteiger partial charge in [-0.05, 0) is 65.4 Å². The molecule has 0 bridgehead atoms. The first-order valence-electron chi connectivity index (χ1n) is 10.1. The van der Waals surface area contributed by atoms with E-state index in [0.29, 0.717) is 32.7 Å². The molecular weight excluding hydrogens is 500 g/mol. The summed E-state index contributed by atoms with van der Waals surface area (Å²) in [6.07, 6.45) is 1.62. The molecule has 1 aliphatic heterocycles. The number of rotatable bonds is 7. The molecule has 3 aromatic carbocycles. The maximum absolute atomic E-state index is 13.1. The summed E-state index contributed by atoms with van der Waals surface area (Å²) < 4.78 is 24.4. The molecule has 34 heavy (non-hydrogen) atoms. The fraction of sp³-hybridized carbons (Fsp3) is 0.120. The number of hydrogen-bond donors (Lipinski definition) is 0. The summed E-state index contributed by atoms with van der Waals surface area (Å²) in [5, 5.41) is 0.657. The molecular formula is C25H18Cl2FNO4S. The quantitative estimate of drug-likeness (QED) is 0.317. The van der Waals surface area contributed by atoms with E-state index in [9.17, 15) is 14.0 Å². The average molecular weight is 518 g/mol. The number of benzene rings is 3. The summed E-state index contributed by atoms with van der Waals surface area (Å²) in [5.74, 6) is 0.172. The van der Waals surface area contributed by atoms with Crippen molar-refractivity contribution in [2.45, 2.75) is 13.2 Å². The minimum Gasteiger partial charge on any atom is -0.493 e. The van der Waals surface area contributed by atoms with Gasteiger partial charge in [0.05, 0.1) is 18.6 Å². The average Bonchev–Trinajstić information content (AvgIpc) is 3.07. The van der Waals surface area contributed by atoms with E-state index in [0.717, 1.165) is 22.2 Å². The molecule has 0 unspecified atom stereocenters. The third kappa shape index (κ3) is 5.55. The van der Waals surface area contributed by atoms with Gasteiger partial charge < -0.3 is 9.47 Å². The zero-order chi connectivity index (χ0) is 24.2. The predicted octanol–water partition coefficient (Wildman–Crippen LogP) is 6.96. The summed E-state index contributed by atoms with van der Waals surface area (Å²) >= 11 is 13.0. The Kier molecular flexibility index (Phi) is 7.46. The highest BCUT2D eigenvalue weighted by Crippen LogP contribution is 2.35. The maximum atomic E-state index is 13.1. The standard InChI is InChI=1S/C25H18Cl2FNO4S/c1-32-22-10-16(4-9-21(22)33-14-17-5-6-18(26)12-20(17)27)11-23-24(30)29(25(31)34-23)13-15-2-7-19(28)8-3-15/h2-12H,13-14H2,1H3/b23-11-. The molecule has 174 valence electrons. The summed E-state index contributed by atoms with van der Waals surface area (Å²) in [7, 11) is 1.51. The second kappa shape index (κ2) is 10.5. The lowest BCUT2D eigenvalue weighted by Crippen LogP contribution is -2.27. The van der Waals surface area contributed by atoms with E-state index in [1.165, 1.54) is 19.2 Å². The van der Waals surface area contributed by atoms with Crippen molar-refractivity contribution in [3.05, 3.63) is 98.1 Å². The molecule has 1 aliphatic rings. The molecule has 1 saturated heterocycles. The highest BCUT2D eigenvalue weighted by Gasteiger charge is 2.35. The van der Waals surface area contributed by atoms with Crippen molar-refractivity contribution in [1.82, 2.24) is 4.90 Å².